The van der Waals surface area contributed by atoms with Crippen LogP contribution in [-0.4, -0.2) is 96.1 Å². The molecule has 11 nitrogen and oxygen atoms in total. The van der Waals surface area contributed by atoms with E-state index in [1.165, 1.54) is 24.3 Å². The van der Waals surface area contributed by atoms with Gasteiger partial charge < -0.3 is 23.7 Å². The third-order valence-corrected chi connectivity index (χ3v) is 7.14. The van der Waals surface area contributed by atoms with Crippen LogP contribution in [0.4, 0.5) is 0 Å². The highest BCUT2D eigenvalue weighted by Gasteiger charge is 2.14. The van der Waals surface area contributed by atoms with Crippen LogP contribution in [0.25, 0.3) is 0 Å². The van der Waals surface area contributed by atoms with Crippen molar-refractivity contribution in [2.24, 2.45) is 0 Å². The molecule has 0 aliphatic carbocycles. The first-order valence-electron chi connectivity index (χ1n) is 11.7. The third-order valence-electron chi connectivity index (χ3n) is 4.48. The zero-order chi connectivity index (χ0) is 26.7. The van der Waals surface area contributed by atoms with Crippen molar-refractivity contribution in [2.75, 3.05) is 79.3 Å². The highest BCUT2D eigenvalue weighted by molar-refractivity contribution is 7.87. The lowest BCUT2D eigenvalue weighted by Gasteiger charge is -2.09. The molecule has 0 saturated carbocycles. The van der Waals surface area contributed by atoms with E-state index in [4.69, 9.17) is 32.1 Å². The number of hydrogen-bond donors (Lipinski definition) is 0. The normalized spacial score (nSPS) is 12.1. The number of hydrogen-bond acceptors (Lipinski definition) is 11. The largest absolute Gasteiger partial charge is 0.377 e. The fourth-order valence-electron chi connectivity index (χ4n) is 2.70. The van der Waals surface area contributed by atoms with Crippen molar-refractivity contribution in [3.05, 3.63) is 60.7 Å². The zero-order valence-electron chi connectivity index (χ0n) is 20.6. The van der Waals surface area contributed by atoms with E-state index in [-0.39, 0.29) is 36.2 Å². The van der Waals surface area contributed by atoms with Gasteiger partial charge in [0.2, 0.25) is 0 Å². The van der Waals surface area contributed by atoms with E-state index in [9.17, 15) is 16.8 Å². The van der Waals surface area contributed by atoms with Gasteiger partial charge in [0, 0.05) is 0 Å². The highest BCUT2D eigenvalue weighted by Crippen LogP contribution is 2.11. The van der Waals surface area contributed by atoms with Crippen LogP contribution >= 0.6 is 0 Å². The molecule has 0 fully saturated rings. The summed E-state index contributed by atoms with van der Waals surface area (Å²) in [7, 11) is -7.53. The van der Waals surface area contributed by atoms with Gasteiger partial charge in [-0.05, 0) is 24.3 Å². The molecule has 13 heteroatoms. The van der Waals surface area contributed by atoms with Crippen molar-refractivity contribution in [1.29, 1.82) is 0 Å². The van der Waals surface area contributed by atoms with Gasteiger partial charge in [-0.15, -0.1) is 0 Å². The maximum Gasteiger partial charge on any atom is 0.297 e. The van der Waals surface area contributed by atoms with E-state index in [2.05, 4.69) is 0 Å². The summed E-state index contributed by atoms with van der Waals surface area (Å²) in [5, 5.41) is 0. The lowest BCUT2D eigenvalue weighted by atomic mass is 10.4. The van der Waals surface area contributed by atoms with Crippen LogP contribution in [0.2, 0.25) is 0 Å². The molecule has 2 aromatic rings. The van der Waals surface area contributed by atoms with Crippen LogP contribution in [0.5, 0.6) is 0 Å². The standard InChI is InChI=1S/C24H34O11S2/c25-36(26,23-7-3-1-4-8-23)34-21-19-32-17-15-30-13-11-29-12-14-31-16-18-33-20-22-35-37(27,28)24-9-5-2-6-10-24/h1-10H,11-22H2. The molecular weight excluding hydrogens is 528 g/mol. The minimum atomic E-state index is -3.77. The first-order chi connectivity index (χ1) is 17.9. The molecule has 2 rings (SSSR count). The molecule has 0 unspecified atom stereocenters. The fourth-order valence-corrected chi connectivity index (χ4v) is 4.53. The molecule has 0 atom stereocenters. The Morgan fingerprint density at radius 1 is 0.378 bits per heavy atom. The van der Waals surface area contributed by atoms with Crippen LogP contribution in [-0.2, 0) is 52.3 Å². The minimum absolute atomic E-state index is 0.0741. The van der Waals surface area contributed by atoms with E-state index in [0.29, 0.717) is 52.9 Å². The van der Waals surface area contributed by atoms with Gasteiger partial charge in [-0.25, -0.2) is 0 Å². The zero-order valence-corrected chi connectivity index (χ0v) is 22.2. The maximum atomic E-state index is 11.9. The van der Waals surface area contributed by atoms with Gasteiger partial charge in [0.1, 0.15) is 0 Å². The summed E-state index contributed by atoms with van der Waals surface area (Å²) in [5.74, 6) is 0. The predicted octanol–water partition coefficient (Wildman–Crippen LogP) is 1.88. The first-order valence-corrected chi connectivity index (χ1v) is 14.5. The van der Waals surface area contributed by atoms with Crippen LogP contribution in [0.1, 0.15) is 0 Å². The monoisotopic (exact) mass is 562 g/mol. The molecule has 0 aromatic heterocycles. The van der Waals surface area contributed by atoms with Gasteiger partial charge in [0.05, 0.1) is 89.1 Å². The van der Waals surface area contributed by atoms with E-state index < -0.39 is 20.2 Å². The lowest BCUT2D eigenvalue weighted by molar-refractivity contribution is -0.0139. The molecule has 0 aliphatic heterocycles. The van der Waals surface area contributed by atoms with E-state index in [0.717, 1.165) is 0 Å². The Hall–Kier alpha value is -1.94. The minimum Gasteiger partial charge on any atom is -0.377 e. The molecule has 0 spiro atoms. The molecule has 0 heterocycles. The summed E-state index contributed by atoms with van der Waals surface area (Å²) in [6, 6.07) is 15.8. The molecule has 208 valence electrons. The number of benzene rings is 2. The van der Waals surface area contributed by atoms with E-state index in [1.54, 1.807) is 36.4 Å². The van der Waals surface area contributed by atoms with Crippen LogP contribution < -0.4 is 0 Å². The van der Waals surface area contributed by atoms with Crippen LogP contribution in [0.3, 0.4) is 0 Å². The van der Waals surface area contributed by atoms with E-state index >= 15 is 0 Å². The van der Waals surface area contributed by atoms with E-state index in [1.807, 2.05) is 0 Å². The summed E-state index contributed by atoms with van der Waals surface area (Å²) >= 11 is 0. The molecule has 0 aliphatic rings. The summed E-state index contributed by atoms with van der Waals surface area (Å²) in [6.45, 7) is 2.98. The summed E-state index contributed by atoms with van der Waals surface area (Å²) in [5.41, 5.74) is 0. The van der Waals surface area contributed by atoms with Crippen molar-refractivity contribution in [2.45, 2.75) is 9.79 Å². The predicted molar refractivity (Wildman–Crippen MR) is 133 cm³/mol. The Kier molecular flexibility index (Phi) is 15.5. The SMILES string of the molecule is O=S(=O)(OCCOCCOCCOCCOCCOCCOS(=O)(=O)c1ccccc1)c1ccccc1. The van der Waals surface area contributed by atoms with Crippen molar-refractivity contribution in [1.82, 2.24) is 0 Å². The van der Waals surface area contributed by atoms with Gasteiger partial charge in [-0.3, -0.25) is 8.37 Å². The second-order valence-electron chi connectivity index (χ2n) is 7.24. The number of ether oxygens (including phenoxy) is 5. The molecular formula is C24H34O11S2. The van der Waals surface area contributed by atoms with Gasteiger partial charge in [-0.2, -0.15) is 16.8 Å². The van der Waals surface area contributed by atoms with Crippen molar-refractivity contribution >= 4 is 20.2 Å². The quantitative estimate of drug-likeness (QED) is 0.154. The first kappa shape index (κ1) is 31.3. The Balaban J connectivity index is 1.30. The molecule has 0 N–H and O–H groups in total. The lowest BCUT2D eigenvalue weighted by Crippen LogP contribution is -2.15. The maximum absolute atomic E-state index is 11.9. The second-order valence-corrected chi connectivity index (χ2v) is 10.5. The molecule has 2 aromatic carbocycles. The molecule has 37 heavy (non-hydrogen) atoms. The average Bonchev–Trinajstić information content (AvgIpc) is 2.91. The molecule has 0 amide bonds. The Morgan fingerprint density at radius 3 is 0.892 bits per heavy atom. The third kappa shape index (κ3) is 14.0. The van der Waals surface area contributed by atoms with Gasteiger partial charge in [-0.1, -0.05) is 36.4 Å². The average molecular weight is 563 g/mol. The van der Waals surface area contributed by atoms with Crippen LogP contribution in [0.15, 0.2) is 70.5 Å². The topological polar surface area (TPSA) is 133 Å². The molecule has 0 bridgehead atoms. The molecule has 0 radical (unpaired) electrons. The van der Waals surface area contributed by atoms with Gasteiger partial charge in [0.15, 0.2) is 0 Å². The van der Waals surface area contributed by atoms with Crippen molar-refractivity contribution in [3.63, 3.8) is 0 Å². The summed E-state index contributed by atoms with van der Waals surface area (Å²) in [6.07, 6.45) is 0. The Labute approximate surface area is 218 Å². The summed E-state index contributed by atoms with van der Waals surface area (Å²) in [4.78, 5) is 0.216. The second kappa shape index (κ2) is 18.3. The molecule has 0 saturated heterocycles. The van der Waals surface area contributed by atoms with Crippen LogP contribution in [0, 0.1) is 0 Å². The van der Waals surface area contributed by atoms with Gasteiger partial charge in [0.25, 0.3) is 20.2 Å². The highest BCUT2D eigenvalue weighted by atomic mass is 32.2. The van der Waals surface area contributed by atoms with Crippen molar-refractivity contribution < 1.29 is 48.9 Å². The summed E-state index contributed by atoms with van der Waals surface area (Å²) < 4.78 is 84.2. The Bertz CT molecular complexity index is 961. The fraction of sp³-hybridized carbons (Fsp3) is 0.500. The van der Waals surface area contributed by atoms with Gasteiger partial charge >= 0.3 is 0 Å². The number of rotatable bonds is 22. The Morgan fingerprint density at radius 2 is 0.622 bits per heavy atom. The smallest absolute Gasteiger partial charge is 0.297 e. The van der Waals surface area contributed by atoms with Crippen molar-refractivity contribution in [3.8, 4) is 0 Å².